The van der Waals surface area contributed by atoms with E-state index in [1.54, 1.807) is 53.4 Å². The van der Waals surface area contributed by atoms with E-state index in [9.17, 15) is 14.4 Å². The number of hydrogen-bond acceptors (Lipinski definition) is 3. The average Bonchev–Trinajstić information content (AvgIpc) is 3.18. The van der Waals surface area contributed by atoms with Crippen LogP contribution in [0.25, 0.3) is 0 Å². The first kappa shape index (κ1) is 20.9. The summed E-state index contributed by atoms with van der Waals surface area (Å²) >= 11 is 5.84. The molecule has 2 aromatic rings. The van der Waals surface area contributed by atoms with Gasteiger partial charge < -0.3 is 15.5 Å². The fraction of sp³-hybridized carbons (Fsp3) is 0.318. The van der Waals surface area contributed by atoms with Crippen molar-refractivity contribution in [3.05, 3.63) is 64.7 Å². The van der Waals surface area contributed by atoms with Crippen molar-refractivity contribution in [2.45, 2.75) is 38.8 Å². The van der Waals surface area contributed by atoms with Gasteiger partial charge in [-0.05, 0) is 75.2 Å². The van der Waals surface area contributed by atoms with Crippen LogP contribution in [0, 0.1) is 0 Å². The van der Waals surface area contributed by atoms with Gasteiger partial charge in [0.05, 0.1) is 0 Å². The van der Waals surface area contributed by atoms with E-state index in [1.165, 1.54) is 0 Å². The highest BCUT2D eigenvalue weighted by Crippen LogP contribution is 2.22. The van der Waals surface area contributed by atoms with Crippen molar-refractivity contribution in [3.63, 3.8) is 0 Å². The number of halogens is 1. The topological polar surface area (TPSA) is 78.5 Å². The molecule has 0 saturated carbocycles. The minimum atomic E-state index is -0.436. The Bertz CT molecular complexity index is 895. The Kier molecular flexibility index (Phi) is 6.54. The number of hydrogen-bond donors (Lipinski definition) is 2. The van der Waals surface area contributed by atoms with Gasteiger partial charge in [0, 0.05) is 34.4 Å². The molecule has 1 fully saturated rings. The van der Waals surface area contributed by atoms with Crippen LogP contribution in [-0.2, 0) is 4.79 Å². The van der Waals surface area contributed by atoms with E-state index in [0.29, 0.717) is 34.8 Å². The molecule has 1 aliphatic heterocycles. The summed E-state index contributed by atoms with van der Waals surface area (Å²) in [6, 6.07) is 12.9. The summed E-state index contributed by atoms with van der Waals surface area (Å²) in [5, 5.41) is 6.23. The number of benzene rings is 2. The zero-order valence-electron chi connectivity index (χ0n) is 16.4. The number of likely N-dealkylation sites (tertiary alicyclic amines) is 1. The van der Waals surface area contributed by atoms with Crippen LogP contribution in [0.1, 0.15) is 47.4 Å². The van der Waals surface area contributed by atoms with E-state index in [1.807, 2.05) is 13.8 Å². The van der Waals surface area contributed by atoms with Crippen molar-refractivity contribution >= 4 is 35.0 Å². The van der Waals surface area contributed by atoms with Gasteiger partial charge in [0.15, 0.2) is 0 Å². The molecule has 152 valence electrons. The standard InChI is InChI=1S/C22H24ClN3O3/c1-14(2)24-21(28)19-4-3-13-26(19)22(29)16-7-11-18(12-8-16)25-20(27)15-5-9-17(23)10-6-15/h5-12,14,19H,3-4,13H2,1-2H3,(H,24,28)(H,25,27). The van der Waals surface area contributed by atoms with Crippen molar-refractivity contribution in [1.82, 2.24) is 10.2 Å². The minimum Gasteiger partial charge on any atom is -0.352 e. The number of carbonyl (C=O) groups excluding carboxylic acids is 3. The van der Waals surface area contributed by atoms with Crippen LogP contribution in [0.4, 0.5) is 5.69 Å². The Hall–Kier alpha value is -2.86. The normalized spacial score (nSPS) is 16.0. The Labute approximate surface area is 175 Å². The van der Waals surface area contributed by atoms with Gasteiger partial charge in [0.1, 0.15) is 6.04 Å². The lowest BCUT2D eigenvalue weighted by Gasteiger charge is -2.25. The summed E-state index contributed by atoms with van der Waals surface area (Å²) in [6.07, 6.45) is 1.47. The number of anilines is 1. The van der Waals surface area contributed by atoms with Crippen LogP contribution < -0.4 is 10.6 Å². The van der Waals surface area contributed by atoms with Crippen molar-refractivity contribution in [1.29, 1.82) is 0 Å². The summed E-state index contributed by atoms with van der Waals surface area (Å²) in [5.41, 5.74) is 1.56. The number of rotatable bonds is 5. The van der Waals surface area contributed by atoms with Gasteiger partial charge in [0.2, 0.25) is 5.91 Å². The molecule has 1 aliphatic rings. The Morgan fingerprint density at radius 3 is 2.24 bits per heavy atom. The smallest absolute Gasteiger partial charge is 0.255 e. The summed E-state index contributed by atoms with van der Waals surface area (Å²) in [7, 11) is 0. The molecule has 0 aromatic heterocycles. The molecule has 6 nitrogen and oxygen atoms in total. The van der Waals surface area contributed by atoms with Gasteiger partial charge in [-0.25, -0.2) is 0 Å². The first-order valence-corrected chi connectivity index (χ1v) is 10.0. The van der Waals surface area contributed by atoms with Crippen molar-refractivity contribution in [3.8, 4) is 0 Å². The Balaban J connectivity index is 1.66. The predicted molar refractivity (Wildman–Crippen MR) is 113 cm³/mol. The fourth-order valence-electron chi connectivity index (χ4n) is 3.33. The highest BCUT2D eigenvalue weighted by molar-refractivity contribution is 6.30. The molecule has 0 radical (unpaired) electrons. The summed E-state index contributed by atoms with van der Waals surface area (Å²) < 4.78 is 0. The highest BCUT2D eigenvalue weighted by Gasteiger charge is 2.34. The Morgan fingerprint density at radius 2 is 1.62 bits per heavy atom. The van der Waals surface area contributed by atoms with Crippen LogP contribution in [0.15, 0.2) is 48.5 Å². The lowest BCUT2D eigenvalue weighted by atomic mass is 10.1. The number of carbonyl (C=O) groups is 3. The molecule has 1 atom stereocenters. The van der Waals surface area contributed by atoms with Crippen LogP contribution in [0.3, 0.4) is 0 Å². The third-order valence-corrected chi connectivity index (χ3v) is 5.00. The SMILES string of the molecule is CC(C)NC(=O)C1CCCN1C(=O)c1ccc(NC(=O)c2ccc(Cl)cc2)cc1. The maximum Gasteiger partial charge on any atom is 0.255 e. The third kappa shape index (κ3) is 5.15. The highest BCUT2D eigenvalue weighted by atomic mass is 35.5. The van der Waals surface area contributed by atoms with E-state index in [2.05, 4.69) is 10.6 Å². The van der Waals surface area contributed by atoms with Gasteiger partial charge in [-0.1, -0.05) is 11.6 Å². The predicted octanol–water partition coefficient (Wildman–Crippen LogP) is 3.72. The Morgan fingerprint density at radius 1 is 1.00 bits per heavy atom. The van der Waals surface area contributed by atoms with E-state index >= 15 is 0 Å². The lowest BCUT2D eigenvalue weighted by Crippen LogP contribution is -2.47. The third-order valence-electron chi connectivity index (χ3n) is 4.74. The zero-order valence-corrected chi connectivity index (χ0v) is 17.2. The van der Waals surface area contributed by atoms with Crippen LogP contribution >= 0.6 is 11.6 Å². The quantitative estimate of drug-likeness (QED) is 0.784. The maximum atomic E-state index is 12.9. The van der Waals surface area contributed by atoms with E-state index in [4.69, 9.17) is 11.6 Å². The second kappa shape index (κ2) is 9.09. The zero-order chi connectivity index (χ0) is 21.0. The summed E-state index contributed by atoms with van der Waals surface area (Å²) in [5.74, 6) is -0.551. The molecular formula is C22H24ClN3O3. The second-order valence-electron chi connectivity index (χ2n) is 7.36. The van der Waals surface area contributed by atoms with Gasteiger partial charge in [-0.3, -0.25) is 14.4 Å². The number of nitrogens with one attached hydrogen (secondary N) is 2. The minimum absolute atomic E-state index is 0.0311. The van der Waals surface area contributed by atoms with Gasteiger partial charge >= 0.3 is 0 Å². The van der Waals surface area contributed by atoms with Crippen molar-refractivity contribution < 1.29 is 14.4 Å². The van der Waals surface area contributed by atoms with Gasteiger partial charge in [-0.2, -0.15) is 0 Å². The van der Waals surface area contributed by atoms with Crippen LogP contribution in [0.5, 0.6) is 0 Å². The summed E-state index contributed by atoms with van der Waals surface area (Å²) in [6.45, 7) is 4.36. The van der Waals surface area contributed by atoms with E-state index in [0.717, 1.165) is 6.42 Å². The van der Waals surface area contributed by atoms with Gasteiger partial charge in [0.25, 0.3) is 11.8 Å². The molecule has 1 unspecified atom stereocenters. The first-order chi connectivity index (χ1) is 13.8. The average molecular weight is 414 g/mol. The molecular weight excluding hydrogens is 390 g/mol. The molecule has 3 rings (SSSR count). The molecule has 2 N–H and O–H groups in total. The van der Waals surface area contributed by atoms with Crippen molar-refractivity contribution in [2.24, 2.45) is 0 Å². The molecule has 0 spiro atoms. The molecule has 2 aromatic carbocycles. The molecule has 1 heterocycles. The molecule has 7 heteroatoms. The second-order valence-corrected chi connectivity index (χ2v) is 7.79. The molecule has 0 bridgehead atoms. The number of nitrogens with zero attached hydrogens (tertiary/aromatic N) is 1. The maximum absolute atomic E-state index is 12.9. The molecule has 3 amide bonds. The molecule has 1 saturated heterocycles. The van der Waals surface area contributed by atoms with Gasteiger partial charge in [-0.15, -0.1) is 0 Å². The first-order valence-electron chi connectivity index (χ1n) is 9.63. The number of amides is 3. The monoisotopic (exact) mass is 413 g/mol. The van der Waals surface area contributed by atoms with Crippen LogP contribution in [-0.4, -0.2) is 41.2 Å². The van der Waals surface area contributed by atoms with E-state index < -0.39 is 6.04 Å². The largest absolute Gasteiger partial charge is 0.352 e. The van der Waals surface area contributed by atoms with Crippen molar-refractivity contribution in [2.75, 3.05) is 11.9 Å². The summed E-state index contributed by atoms with van der Waals surface area (Å²) in [4.78, 5) is 39.2. The lowest BCUT2D eigenvalue weighted by molar-refractivity contribution is -0.125. The van der Waals surface area contributed by atoms with Crippen LogP contribution in [0.2, 0.25) is 5.02 Å². The molecule has 29 heavy (non-hydrogen) atoms. The fourth-order valence-corrected chi connectivity index (χ4v) is 3.46. The molecule has 0 aliphatic carbocycles. The van der Waals surface area contributed by atoms with E-state index in [-0.39, 0.29) is 23.8 Å².